The topological polar surface area (TPSA) is 119 Å². The van der Waals surface area contributed by atoms with Crippen LogP contribution in [0.2, 0.25) is 0 Å². The highest BCUT2D eigenvalue weighted by Crippen LogP contribution is 2.25. The molecule has 110 valence electrons. The molecule has 9 heteroatoms. The summed E-state index contributed by atoms with van der Waals surface area (Å²) in [6.45, 7) is 1.39. The van der Waals surface area contributed by atoms with Crippen molar-refractivity contribution in [2.75, 3.05) is 30.0 Å². The van der Waals surface area contributed by atoms with Crippen LogP contribution in [0.25, 0.3) is 0 Å². The van der Waals surface area contributed by atoms with Gasteiger partial charge in [-0.1, -0.05) is 6.07 Å². The minimum Gasteiger partial charge on any atom is -0.318 e. The molecule has 0 amide bonds. The van der Waals surface area contributed by atoms with Crippen LogP contribution in [-0.4, -0.2) is 42.8 Å². The second-order valence-corrected chi connectivity index (χ2v) is 6.98. The monoisotopic (exact) mass is 300 g/mol. The number of nitrogens with one attached hydrogen (secondary N) is 1. The number of benzene rings is 1. The van der Waals surface area contributed by atoms with Crippen molar-refractivity contribution in [3.05, 3.63) is 33.9 Å². The van der Waals surface area contributed by atoms with Crippen molar-refractivity contribution in [3.8, 4) is 0 Å². The number of nitro benzene ring substituents is 1. The normalized spacial score (nSPS) is 18.6. The average molecular weight is 300 g/mol. The Morgan fingerprint density at radius 2 is 2.00 bits per heavy atom. The van der Waals surface area contributed by atoms with Crippen LogP contribution in [0, 0.1) is 10.1 Å². The zero-order valence-electron chi connectivity index (χ0n) is 10.8. The second kappa shape index (κ2) is 5.73. The van der Waals surface area contributed by atoms with Gasteiger partial charge in [-0.15, -0.1) is 0 Å². The van der Waals surface area contributed by atoms with Gasteiger partial charge in [-0.2, -0.15) is 0 Å². The zero-order valence-corrected chi connectivity index (χ0v) is 11.6. The number of hydrogen-bond acceptors (Lipinski definition) is 7. The summed E-state index contributed by atoms with van der Waals surface area (Å²) in [5.74, 6) is 5.49. The SMILES string of the molecule is NNc1ccc(CN2CCS(=O)(=O)CC2)cc1[N+](=O)[O-]. The van der Waals surface area contributed by atoms with Gasteiger partial charge in [0.15, 0.2) is 9.84 Å². The third-order valence-electron chi connectivity index (χ3n) is 3.26. The molecule has 1 aliphatic rings. The van der Waals surface area contributed by atoms with E-state index >= 15 is 0 Å². The summed E-state index contributed by atoms with van der Waals surface area (Å²) in [6.07, 6.45) is 0. The number of sulfone groups is 1. The fourth-order valence-corrected chi connectivity index (χ4v) is 3.39. The van der Waals surface area contributed by atoms with Crippen LogP contribution in [0.4, 0.5) is 11.4 Å². The molecule has 1 aromatic carbocycles. The van der Waals surface area contributed by atoms with E-state index in [0.29, 0.717) is 19.6 Å². The Morgan fingerprint density at radius 3 is 2.55 bits per heavy atom. The van der Waals surface area contributed by atoms with Crippen LogP contribution in [0.3, 0.4) is 0 Å². The predicted octanol–water partition coefficient (Wildman–Crippen LogP) is 0.111. The van der Waals surface area contributed by atoms with E-state index in [1.807, 2.05) is 4.90 Å². The fourth-order valence-electron chi connectivity index (χ4n) is 2.12. The van der Waals surface area contributed by atoms with E-state index in [0.717, 1.165) is 5.56 Å². The van der Waals surface area contributed by atoms with E-state index in [4.69, 9.17) is 5.84 Å². The molecule has 0 bridgehead atoms. The molecule has 0 aromatic heterocycles. The van der Waals surface area contributed by atoms with Gasteiger partial charge in [-0.3, -0.25) is 20.9 Å². The first-order valence-electron chi connectivity index (χ1n) is 6.08. The van der Waals surface area contributed by atoms with Crippen LogP contribution in [0.5, 0.6) is 0 Å². The maximum absolute atomic E-state index is 11.3. The average Bonchev–Trinajstić information content (AvgIpc) is 2.41. The minimum absolute atomic E-state index is 0.0883. The molecule has 0 unspecified atom stereocenters. The van der Waals surface area contributed by atoms with E-state index in [1.165, 1.54) is 6.07 Å². The number of hydrazine groups is 1. The number of anilines is 1. The van der Waals surface area contributed by atoms with Gasteiger partial charge in [0.05, 0.1) is 16.4 Å². The lowest BCUT2D eigenvalue weighted by atomic mass is 10.1. The van der Waals surface area contributed by atoms with Gasteiger partial charge >= 0.3 is 0 Å². The van der Waals surface area contributed by atoms with Crippen LogP contribution in [-0.2, 0) is 16.4 Å². The van der Waals surface area contributed by atoms with E-state index in [1.54, 1.807) is 12.1 Å². The largest absolute Gasteiger partial charge is 0.318 e. The highest BCUT2D eigenvalue weighted by Gasteiger charge is 2.22. The fraction of sp³-hybridized carbons (Fsp3) is 0.455. The zero-order chi connectivity index (χ0) is 14.8. The van der Waals surface area contributed by atoms with Gasteiger partial charge in [0, 0.05) is 25.7 Å². The van der Waals surface area contributed by atoms with Crippen molar-refractivity contribution >= 4 is 21.2 Å². The van der Waals surface area contributed by atoms with Crippen LogP contribution in [0.1, 0.15) is 5.56 Å². The van der Waals surface area contributed by atoms with E-state index in [9.17, 15) is 18.5 Å². The van der Waals surface area contributed by atoms with Crippen molar-refractivity contribution in [1.82, 2.24) is 4.90 Å². The molecule has 3 N–H and O–H groups in total. The minimum atomic E-state index is -2.92. The smallest absolute Gasteiger partial charge is 0.293 e. The maximum atomic E-state index is 11.3. The van der Waals surface area contributed by atoms with Crippen molar-refractivity contribution in [2.24, 2.45) is 5.84 Å². The number of hydrogen-bond donors (Lipinski definition) is 2. The van der Waals surface area contributed by atoms with Gasteiger partial charge in [-0.05, 0) is 11.6 Å². The first-order valence-corrected chi connectivity index (χ1v) is 7.90. The van der Waals surface area contributed by atoms with Crippen molar-refractivity contribution < 1.29 is 13.3 Å². The summed E-state index contributed by atoms with van der Waals surface area (Å²) in [7, 11) is -2.92. The summed E-state index contributed by atoms with van der Waals surface area (Å²) in [5, 5.41) is 10.9. The van der Waals surface area contributed by atoms with Crippen LogP contribution < -0.4 is 11.3 Å². The van der Waals surface area contributed by atoms with E-state index in [2.05, 4.69) is 5.43 Å². The molecule has 1 aliphatic heterocycles. The molecule has 1 saturated heterocycles. The molecule has 2 rings (SSSR count). The molecule has 0 aliphatic carbocycles. The standard InChI is InChI=1S/C11H16N4O4S/c12-13-10-2-1-9(7-11(10)15(16)17)8-14-3-5-20(18,19)6-4-14/h1-2,7,13H,3-6,8,12H2. The van der Waals surface area contributed by atoms with Gasteiger partial charge in [0.25, 0.3) is 5.69 Å². The van der Waals surface area contributed by atoms with Gasteiger partial charge < -0.3 is 5.43 Å². The lowest BCUT2D eigenvalue weighted by Crippen LogP contribution is -2.39. The van der Waals surface area contributed by atoms with E-state index < -0.39 is 14.8 Å². The first kappa shape index (κ1) is 14.7. The van der Waals surface area contributed by atoms with E-state index in [-0.39, 0.29) is 22.9 Å². The molecule has 0 saturated carbocycles. The maximum Gasteiger partial charge on any atom is 0.293 e. The Bertz CT molecular complexity index is 603. The third kappa shape index (κ3) is 3.44. The van der Waals surface area contributed by atoms with Crippen LogP contribution >= 0.6 is 0 Å². The molecule has 1 heterocycles. The number of nitrogens with zero attached hydrogens (tertiary/aromatic N) is 2. The summed E-state index contributed by atoms with van der Waals surface area (Å²) in [6, 6.07) is 4.75. The number of nitro groups is 1. The Hall–Kier alpha value is -1.71. The Kier molecular flexibility index (Phi) is 4.21. The number of rotatable bonds is 4. The number of nitrogens with two attached hydrogens (primary N) is 1. The highest BCUT2D eigenvalue weighted by molar-refractivity contribution is 7.91. The highest BCUT2D eigenvalue weighted by atomic mass is 32.2. The molecular formula is C11H16N4O4S. The summed E-state index contributed by atoms with van der Waals surface area (Å²) < 4.78 is 22.7. The molecule has 1 fully saturated rings. The molecule has 20 heavy (non-hydrogen) atoms. The lowest BCUT2D eigenvalue weighted by Gasteiger charge is -2.26. The molecule has 0 atom stereocenters. The Labute approximate surface area is 116 Å². The van der Waals surface area contributed by atoms with Gasteiger partial charge in [0.2, 0.25) is 0 Å². The Morgan fingerprint density at radius 1 is 1.35 bits per heavy atom. The first-order chi connectivity index (χ1) is 9.41. The summed E-state index contributed by atoms with van der Waals surface area (Å²) in [5.41, 5.74) is 3.20. The van der Waals surface area contributed by atoms with Crippen molar-refractivity contribution in [3.63, 3.8) is 0 Å². The molecule has 8 nitrogen and oxygen atoms in total. The lowest BCUT2D eigenvalue weighted by molar-refractivity contribution is -0.384. The molecule has 0 radical (unpaired) electrons. The molecule has 0 spiro atoms. The Balaban J connectivity index is 2.11. The van der Waals surface area contributed by atoms with Gasteiger partial charge in [0.1, 0.15) is 5.69 Å². The van der Waals surface area contributed by atoms with Crippen molar-refractivity contribution in [2.45, 2.75) is 6.54 Å². The van der Waals surface area contributed by atoms with Crippen LogP contribution in [0.15, 0.2) is 18.2 Å². The third-order valence-corrected chi connectivity index (χ3v) is 4.87. The summed E-state index contributed by atoms with van der Waals surface area (Å²) in [4.78, 5) is 12.4. The second-order valence-electron chi connectivity index (χ2n) is 4.68. The molecular weight excluding hydrogens is 284 g/mol. The quantitative estimate of drug-likeness (QED) is 0.460. The number of nitrogen functional groups attached to an aromatic ring is 1. The summed E-state index contributed by atoms with van der Waals surface area (Å²) >= 11 is 0. The van der Waals surface area contributed by atoms with Crippen molar-refractivity contribution in [1.29, 1.82) is 0 Å². The predicted molar refractivity (Wildman–Crippen MR) is 74.8 cm³/mol. The molecule has 1 aromatic rings. The van der Waals surface area contributed by atoms with Gasteiger partial charge in [-0.25, -0.2) is 8.42 Å².